The summed E-state index contributed by atoms with van der Waals surface area (Å²) in [4.78, 5) is 4.39. The minimum Gasteiger partial charge on any atom is -0.311 e. The molecule has 0 fully saturated rings. The van der Waals surface area contributed by atoms with E-state index in [4.69, 9.17) is 9.60 Å². The van der Waals surface area contributed by atoms with E-state index in [1.807, 2.05) is 121 Å². The van der Waals surface area contributed by atoms with Gasteiger partial charge < -0.3 is 18.9 Å². The molecule has 0 radical (unpaired) electrons. The fourth-order valence-corrected chi connectivity index (χ4v) is 13.7. The zero-order chi connectivity index (χ0) is 70.8. The molecule has 13 aromatic carbocycles. The predicted molar refractivity (Wildman–Crippen MR) is 374 cm³/mol. The van der Waals surface area contributed by atoms with E-state index in [1.165, 1.54) is 0 Å². The van der Waals surface area contributed by atoms with Crippen LogP contribution in [0.5, 0.6) is 0 Å². The van der Waals surface area contributed by atoms with Crippen molar-refractivity contribution >= 4 is 101 Å². The molecule has 0 spiro atoms. The molecule has 0 amide bonds. The Bertz CT molecular complexity index is 5980. The molecule has 0 saturated carbocycles. The molecular formula is C83H58BN5. The van der Waals surface area contributed by atoms with Crippen LogP contribution in [0, 0.1) is 11.3 Å². The standard InChI is InChI=1S/C83H58BN5/c1-83(2,3)63-39-35-57(36-40-63)62-49-80-82-81(50-62)88(66-46-60(55-23-9-5-10-24-55)45-61(47-66)56-25-11-6-12-26-56)79-52-65(86-73-31-17-13-27-67(73)68-28-14-18-32-74(68)86)42-44-72(79)84(82)71-43-38-58(54-21-7-4-8-22-54)48-78(71)87(80)64-41-37-59(53-85)77(51-64)89-75-33-19-15-29-69(75)70-30-16-20-34-76(70)89/h4-52H,1-3H3/i4D,7D,8D,13D,14D,17D,18D,21D,22D,27D,28D,31D,32D. The maximum atomic E-state index is 11.3. The number of hydrogen-bond acceptors (Lipinski definition) is 3. The maximum absolute atomic E-state index is 11.3. The van der Waals surface area contributed by atoms with E-state index in [0.29, 0.717) is 45.3 Å². The summed E-state index contributed by atoms with van der Waals surface area (Å²) in [6.45, 7) is 5.84. The second-order valence-corrected chi connectivity index (χ2v) is 23.8. The van der Waals surface area contributed by atoms with Crippen molar-refractivity contribution in [2.45, 2.75) is 26.2 Å². The highest BCUT2D eigenvalue weighted by molar-refractivity contribution is 7.00. The fourth-order valence-electron chi connectivity index (χ4n) is 13.7. The molecule has 0 bridgehead atoms. The van der Waals surface area contributed by atoms with Gasteiger partial charge in [0.05, 0.1) is 51.1 Å². The largest absolute Gasteiger partial charge is 0.311 e. The van der Waals surface area contributed by atoms with Crippen LogP contribution in [-0.2, 0) is 5.41 Å². The van der Waals surface area contributed by atoms with Gasteiger partial charge in [0.2, 0.25) is 0 Å². The van der Waals surface area contributed by atoms with Crippen LogP contribution in [0.2, 0.25) is 0 Å². The first-order valence-corrected chi connectivity index (χ1v) is 29.7. The summed E-state index contributed by atoms with van der Waals surface area (Å²) < 4.78 is 123. The molecular weight excluding hydrogens is 1080 g/mol. The minimum absolute atomic E-state index is 0.00299. The van der Waals surface area contributed by atoms with Gasteiger partial charge in [-0.05, 0) is 163 Å². The Kier molecular flexibility index (Phi) is 9.18. The highest BCUT2D eigenvalue weighted by atomic mass is 15.2. The van der Waals surface area contributed by atoms with Crippen molar-refractivity contribution in [3.63, 3.8) is 0 Å². The van der Waals surface area contributed by atoms with E-state index in [2.05, 4.69) is 132 Å². The summed E-state index contributed by atoms with van der Waals surface area (Å²) in [5.74, 6) is 0. The number of nitriles is 1. The van der Waals surface area contributed by atoms with Crippen LogP contribution in [-0.4, -0.2) is 15.8 Å². The van der Waals surface area contributed by atoms with Crippen LogP contribution < -0.4 is 26.2 Å². The van der Waals surface area contributed by atoms with Crippen molar-refractivity contribution in [3.8, 4) is 62.0 Å². The number of aromatic nitrogens is 2. The van der Waals surface area contributed by atoms with Crippen molar-refractivity contribution < 1.29 is 17.8 Å². The molecule has 5 nitrogen and oxygen atoms in total. The molecule has 0 saturated heterocycles. The van der Waals surface area contributed by atoms with Gasteiger partial charge in [-0.25, -0.2) is 0 Å². The van der Waals surface area contributed by atoms with E-state index in [0.717, 1.165) is 88.5 Å². The van der Waals surface area contributed by atoms with Gasteiger partial charge in [-0.1, -0.05) is 227 Å². The van der Waals surface area contributed by atoms with Crippen molar-refractivity contribution in [3.05, 3.63) is 308 Å². The summed E-state index contributed by atoms with van der Waals surface area (Å²) in [6.07, 6.45) is 0. The number of para-hydroxylation sites is 4. The lowest BCUT2D eigenvalue weighted by Crippen LogP contribution is -2.61. The SMILES string of the molecule is [2H]c1c([2H])c([2H])c(-c2ccc3c(c2)N(c2ccc(C#N)c(-n4c5ccccc5c5ccccc54)c2)c2cc(-c4ccc(C(C)(C)C)cc4)cc4c2B3c2ccc(-n3c5c([2H])c([2H])c([2H])c([2H])c5c5c([2H])c([2H])c([2H])c([2H])c53)cc2N4c2cc(-c3ccccc3)cc(-c3ccccc3)c2)c([2H])c1[2H]. The van der Waals surface area contributed by atoms with E-state index in [1.54, 1.807) is 10.6 Å². The van der Waals surface area contributed by atoms with Crippen LogP contribution in [0.25, 0.3) is 99.5 Å². The Morgan fingerprint density at radius 3 is 1.44 bits per heavy atom. The zero-order valence-electron chi connectivity index (χ0n) is 61.6. The van der Waals surface area contributed by atoms with Crippen LogP contribution in [0.3, 0.4) is 0 Å². The lowest BCUT2D eigenvalue weighted by molar-refractivity contribution is 0.590. The number of fused-ring (bicyclic) bond motifs is 10. The molecule has 6 heteroatoms. The lowest BCUT2D eigenvalue weighted by atomic mass is 9.33. The van der Waals surface area contributed by atoms with Crippen molar-refractivity contribution in [2.24, 2.45) is 0 Å². The normalized spacial score (nSPS) is 14.6. The van der Waals surface area contributed by atoms with Gasteiger partial charge in [-0.2, -0.15) is 5.26 Å². The van der Waals surface area contributed by atoms with Crippen LogP contribution in [0.4, 0.5) is 34.1 Å². The third kappa shape index (κ3) is 8.38. The molecule has 89 heavy (non-hydrogen) atoms. The third-order valence-electron chi connectivity index (χ3n) is 17.8. The Labute approximate surface area is 536 Å². The molecule has 0 N–H and O–H groups in total. The molecule has 0 atom stereocenters. The monoisotopic (exact) mass is 1150 g/mol. The average Bonchev–Trinajstić information content (AvgIpc) is 0.965. The summed E-state index contributed by atoms with van der Waals surface area (Å²) in [5.41, 5.74) is 16.0. The van der Waals surface area contributed by atoms with Gasteiger partial charge in [-0.15, -0.1) is 0 Å². The van der Waals surface area contributed by atoms with E-state index >= 15 is 0 Å². The van der Waals surface area contributed by atoms with Gasteiger partial charge in [0.25, 0.3) is 6.71 Å². The molecule has 2 aliphatic heterocycles. The topological polar surface area (TPSA) is 40.1 Å². The summed E-state index contributed by atoms with van der Waals surface area (Å²) >= 11 is 0. The molecule has 17 rings (SSSR count). The van der Waals surface area contributed by atoms with E-state index < -0.39 is 73.2 Å². The van der Waals surface area contributed by atoms with Crippen LogP contribution >= 0.6 is 0 Å². The number of anilines is 6. The number of rotatable bonds is 8. The highest BCUT2D eigenvalue weighted by Crippen LogP contribution is 2.50. The molecule has 4 heterocycles. The number of hydrogen-bond donors (Lipinski definition) is 0. The first-order valence-electron chi connectivity index (χ1n) is 36.2. The third-order valence-corrected chi connectivity index (χ3v) is 17.8. The second kappa shape index (κ2) is 20.4. The second-order valence-electron chi connectivity index (χ2n) is 23.8. The molecule has 2 aromatic heterocycles. The summed E-state index contributed by atoms with van der Waals surface area (Å²) in [6, 6.07) is 69.4. The molecule has 0 unspecified atom stereocenters. The first-order chi connectivity index (χ1) is 49.1. The van der Waals surface area contributed by atoms with Gasteiger partial charge >= 0.3 is 0 Å². The van der Waals surface area contributed by atoms with Gasteiger partial charge in [0, 0.05) is 61.4 Å². The Morgan fingerprint density at radius 2 is 0.831 bits per heavy atom. The number of benzene rings is 13. The molecule has 15 aromatic rings. The highest BCUT2D eigenvalue weighted by Gasteiger charge is 2.44. The lowest BCUT2D eigenvalue weighted by Gasteiger charge is -2.45. The number of nitrogens with zero attached hydrogens (tertiary/aromatic N) is 5. The summed E-state index contributed by atoms with van der Waals surface area (Å²) in [7, 11) is 0. The van der Waals surface area contributed by atoms with Crippen molar-refractivity contribution in [1.29, 1.82) is 5.26 Å². The van der Waals surface area contributed by atoms with Crippen LogP contribution in [0.1, 0.15) is 49.7 Å². The quantitative estimate of drug-likeness (QED) is 0.142. The van der Waals surface area contributed by atoms with E-state index in [9.17, 15) is 13.5 Å². The Morgan fingerprint density at radius 1 is 0.348 bits per heavy atom. The van der Waals surface area contributed by atoms with Gasteiger partial charge in [-0.3, -0.25) is 0 Å². The van der Waals surface area contributed by atoms with Crippen molar-refractivity contribution in [2.75, 3.05) is 9.80 Å². The summed E-state index contributed by atoms with van der Waals surface area (Å²) in [5, 5.41) is 13.1. The predicted octanol–water partition coefficient (Wildman–Crippen LogP) is 19.8. The molecule has 0 aliphatic carbocycles. The molecule has 418 valence electrons. The Hall–Kier alpha value is -11.4. The fraction of sp³-hybridized carbons (Fsp3) is 0.0482. The van der Waals surface area contributed by atoms with Gasteiger partial charge in [0.1, 0.15) is 6.07 Å². The maximum Gasteiger partial charge on any atom is 0.252 e. The minimum atomic E-state index is -0.679. The van der Waals surface area contributed by atoms with E-state index in [-0.39, 0.29) is 44.9 Å². The first kappa shape index (κ1) is 40.1. The van der Waals surface area contributed by atoms with Crippen molar-refractivity contribution in [1.82, 2.24) is 9.13 Å². The van der Waals surface area contributed by atoms with Crippen LogP contribution in [0.15, 0.2) is 297 Å². The smallest absolute Gasteiger partial charge is 0.252 e. The zero-order valence-corrected chi connectivity index (χ0v) is 48.6. The van der Waals surface area contributed by atoms with Gasteiger partial charge in [0.15, 0.2) is 0 Å². The Balaban J connectivity index is 1.04. The molecule has 2 aliphatic rings. The average molecular weight is 1150 g/mol.